The van der Waals surface area contributed by atoms with Crippen molar-refractivity contribution in [1.82, 2.24) is 4.90 Å². The number of nitrogens with zero attached hydrogens (tertiary/aromatic N) is 1. The molecule has 0 aromatic heterocycles. The summed E-state index contributed by atoms with van der Waals surface area (Å²) < 4.78 is 41.2. The average Bonchev–Trinajstić information content (AvgIpc) is 2.61. The van der Waals surface area contributed by atoms with Crippen molar-refractivity contribution in [2.75, 3.05) is 13.1 Å². The van der Waals surface area contributed by atoms with Gasteiger partial charge in [-0.2, -0.15) is 13.2 Å². The number of aliphatic carboxylic acids is 1. The Balaban J connectivity index is 2.08. The van der Waals surface area contributed by atoms with Crippen LogP contribution in [0, 0.1) is 19.8 Å². The summed E-state index contributed by atoms with van der Waals surface area (Å²) in [4.78, 5) is 13.3. The Bertz CT molecular complexity index is 835. The van der Waals surface area contributed by atoms with E-state index in [9.17, 15) is 23.1 Å². The Hall–Kier alpha value is -2.34. The Morgan fingerprint density at radius 1 is 1.07 bits per heavy atom. The third kappa shape index (κ3) is 4.38. The third-order valence-electron chi connectivity index (χ3n) is 5.36. The highest BCUT2D eigenvalue weighted by Crippen LogP contribution is 2.40. The highest BCUT2D eigenvalue weighted by atomic mass is 19.4. The van der Waals surface area contributed by atoms with Gasteiger partial charge in [-0.15, -0.1) is 0 Å². The van der Waals surface area contributed by atoms with E-state index >= 15 is 0 Å². The number of carbonyl (C=O) groups is 1. The van der Waals surface area contributed by atoms with Gasteiger partial charge < -0.3 is 5.11 Å². The monoisotopic (exact) mass is 391 g/mol. The Morgan fingerprint density at radius 2 is 1.64 bits per heavy atom. The summed E-state index contributed by atoms with van der Waals surface area (Å²) >= 11 is 0. The van der Waals surface area contributed by atoms with Crippen LogP contribution in [-0.4, -0.2) is 29.1 Å². The lowest BCUT2D eigenvalue weighted by Crippen LogP contribution is -2.39. The van der Waals surface area contributed by atoms with Crippen molar-refractivity contribution >= 4 is 5.97 Å². The predicted molar refractivity (Wildman–Crippen MR) is 101 cm³/mol. The number of hydrogen-bond donors (Lipinski definition) is 1. The molecule has 1 fully saturated rings. The van der Waals surface area contributed by atoms with Crippen LogP contribution in [0.3, 0.4) is 0 Å². The topological polar surface area (TPSA) is 40.5 Å². The highest BCUT2D eigenvalue weighted by Gasteiger charge is 2.38. The molecule has 0 saturated carbocycles. The molecule has 3 rings (SSSR count). The Kier molecular flexibility index (Phi) is 5.79. The maximum absolute atomic E-state index is 13.7. The molecular weight excluding hydrogens is 367 g/mol. The van der Waals surface area contributed by atoms with Crippen LogP contribution in [0.25, 0.3) is 0 Å². The molecule has 1 atom stereocenters. The van der Waals surface area contributed by atoms with Crippen molar-refractivity contribution in [2.45, 2.75) is 38.9 Å². The fraction of sp³-hybridized carbons (Fsp3) is 0.409. The zero-order valence-electron chi connectivity index (χ0n) is 16.0. The fourth-order valence-corrected chi connectivity index (χ4v) is 4.15. The normalized spacial score (nSPS) is 17.5. The molecule has 1 aliphatic heterocycles. The van der Waals surface area contributed by atoms with Crippen molar-refractivity contribution in [2.24, 2.45) is 5.92 Å². The molecule has 6 heteroatoms. The van der Waals surface area contributed by atoms with E-state index in [1.54, 1.807) is 6.07 Å². The van der Waals surface area contributed by atoms with Crippen LogP contribution < -0.4 is 0 Å². The molecule has 150 valence electrons. The maximum Gasteiger partial charge on any atom is 0.416 e. The van der Waals surface area contributed by atoms with Crippen LogP contribution in [0.5, 0.6) is 0 Å². The second-order valence-corrected chi connectivity index (χ2v) is 7.56. The summed E-state index contributed by atoms with van der Waals surface area (Å²) in [6.07, 6.45) is -3.58. The fourth-order valence-electron chi connectivity index (χ4n) is 4.15. The van der Waals surface area contributed by atoms with Crippen molar-refractivity contribution in [3.8, 4) is 0 Å². The molecule has 0 bridgehead atoms. The van der Waals surface area contributed by atoms with Crippen LogP contribution in [-0.2, 0) is 11.0 Å². The first-order chi connectivity index (χ1) is 13.2. The first-order valence-electron chi connectivity index (χ1n) is 9.38. The number of carboxylic acids is 1. The summed E-state index contributed by atoms with van der Waals surface area (Å²) in [6.45, 7) is 4.75. The van der Waals surface area contributed by atoms with E-state index in [0.29, 0.717) is 25.9 Å². The lowest BCUT2D eigenvalue weighted by atomic mass is 9.88. The number of aryl methyl sites for hydroxylation is 2. The first-order valence-corrected chi connectivity index (χ1v) is 9.38. The zero-order chi connectivity index (χ0) is 20.5. The standard InChI is InChI=1S/C22H24F3NO2/c1-14-11-15(2)13-17(12-14)20(26-9-7-16(8-10-26)21(27)28)18-5-3-4-6-19(18)22(23,24)25/h3-6,11-13,16,20H,7-10H2,1-2H3,(H,27,28). The quantitative estimate of drug-likeness (QED) is 0.778. The number of alkyl halides is 3. The van der Waals surface area contributed by atoms with Crippen LogP contribution in [0.2, 0.25) is 0 Å². The van der Waals surface area contributed by atoms with E-state index < -0.39 is 29.7 Å². The van der Waals surface area contributed by atoms with Gasteiger partial charge in [-0.05, 0) is 57.0 Å². The van der Waals surface area contributed by atoms with Gasteiger partial charge in [0.1, 0.15) is 0 Å². The smallest absolute Gasteiger partial charge is 0.416 e. The molecule has 28 heavy (non-hydrogen) atoms. The number of halogens is 3. The van der Waals surface area contributed by atoms with E-state index in [-0.39, 0.29) is 5.56 Å². The van der Waals surface area contributed by atoms with Gasteiger partial charge >= 0.3 is 12.1 Å². The second-order valence-electron chi connectivity index (χ2n) is 7.56. The van der Waals surface area contributed by atoms with Crippen molar-refractivity contribution < 1.29 is 23.1 Å². The number of piperidine rings is 1. The van der Waals surface area contributed by atoms with Crippen LogP contribution in [0.1, 0.15) is 46.7 Å². The maximum atomic E-state index is 13.7. The van der Waals surface area contributed by atoms with E-state index in [0.717, 1.165) is 22.8 Å². The number of likely N-dealkylation sites (tertiary alicyclic amines) is 1. The molecule has 0 spiro atoms. The molecule has 2 aromatic carbocycles. The summed E-state index contributed by atoms with van der Waals surface area (Å²) in [5, 5.41) is 9.25. The molecule has 0 radical (unpaired) electrons. The molecule has 1 unspecified atom stereocenters. The minimum Gasteiger partial charge on any atom is -0.481 e. The van der Waals surface area contributed by atoms with Gasteiger partial charge in [0.15, 0.2) is 0 Å². The lowest BCUT2D eigenvalue weighted by molar-refractivity contribution is -0.143. The number of benzene rings is 2. The molecular formula is C22H24F3NO2. The van der Waals surface area contributed by atoms with Crippen molar-refractivity contribution in [1.29, 1.82) is 0 Å². The molecule has 1 saturated heterocycles. The molecule has 2 aromatic rings. The first kappa shape index (κ1) is 20.4. The molecule has 1 N–H and O–H groups in total. The van der Waals surface area contributed by atoms with Gasteiger partial charge in [0.2, 0.25) is 0 Å². The number of rotatable bonds is 4. The van der Waals surface area contributed by atoms with Gasteiger partial charge in [0.05, 0.1) is 17.5 Å². The van der Waals surface area contributed by atoms with E-state index in [2.05, 4.69) is 0 Å². The van der Waals surface area contributed by atoms with Gasteiger partial charge in [-0.3, -0.25) is 9.69 Å². The van der Waals surface area contributed by atoms with Crippen molar-refractivity contribution in [3.63, 3.8) is 0 Å². The molecule has 1 aliphatic rings. The molecule has 0 amide bonds. The highest BCUT2D eigenvalue weighted by molar-refractivity contribution is 5.70. The number of carboxylic acid groups (broad SMARTS) is 1. The zero-order valence-corrected chi connectivity index (χ0v) is 16.0. The minimum absolute atomic E-state index is 0.216. The van der Waals surface area contributed by atoms with Gasteiger partial charge in [0, 0.05) is 0 Å². The summed E-state index contributed by atoms with van der Waals surface area (Å²) in [5.41, 5.74) is 2.37. The summed E-state index contributed by atoms with van der Waals surface area (Å²) in [6, 6.07) is 11.0. The van der Waals surface area contributed by atoms with Gasteiger partial charge in [-0.25, -0.2) is 0 Å². The molecule has 0 aliphatic carbocycles. The van der Waals surface area contributed by atoms with Crippen LogP contribution >= 0.6 is 0 Å². The largest absolute Gasteiger partial charge is 0.481 e. The number of hydrogen-bond acceptors (Lipinski definition) is 2. The molecule has 3 nitrogen and oxygen atoms in total. The van der Waals surface area contributed by atoms with Crippen molar-refractivity contribution in [3.05, 3.63) is 70.3 Å². The van der Waals surface area contributed by atoms with Crippen LogP contribution in [0.15, 0.2) is 42.5 Å². The summed E-state index contributed by atoms with van der Waals surface area (Å²) in [5.74, 6) is -1.27. The predicted octanol–water partition coefficient (Wildman–Crippen LogP) is 5.21. The minimum atomic E-state index is -4.45. The van der Waals surface area contributed by atoms with E-state index in [4.69, 9.17) is 0 Å². The molecule has 1 heterocycles. The van der Waals surface area contributed by atoms with Crippen LogP contribution in [0.4, 0.5) is 13.2 Å². The summed E-state index contributed by atoms with van der Waals surface area (Å²) in [7, 11) is 0. The Labute approximate surface area is 162 Å². The SMILES string of the molecule is Cc1cc(C)cc(C(c2ccccc2C(F)(F)F)N2CCC(C(=O)O)CC2)c1. The third-order valence-corrected chi connectivity index (χ3v) is 5.36. The van der Waals surface area contributed by atoms with E-state index in [1.165, 1.54) is 12.1 Å². The van der Waals surface area contributed by atoms with E-state index in [1.807, 2.05) is 36.9 Å². The average molecular weight is 391 g/mol. The second kappa shape index (κ2) is 7.95. The Morgan fingerprint density at radius 3 is 2.18 bits per heavy atom. The van der Waals surface area contributed by atoms with Gasteiger partial charge in [-0.1, -0.05) is 47.5 Å². The van der Waals surface area contributed by atoms with Gasteiger partial charge in [0.25, 0.3) is 0 Å². The lowest BCUT2D eigenvalue weighted by Gasteiger charge is -2.38.